The van der Waals surface area contributed by atoms with Gasteiger partial charge >= 0.3 is 5.69 Å². The van der Waals surface area contributed by atoms with E-state index in [-0.39, 0.29) is 18.0 Å². The normalized spacial score (nSPS) is 10.4. The fourth-order valence-electron chi connectivity index (χ4n) is 2.18. The van der Waals surface area contributed by atoms with Gasteiger partial charge < -0.3 is 4.74 Å². The molecule has 0 atom stereocenters. The van der Waals surface area contributed by atoms with Gasteiger partial charge in [0.05, 0.1) is 11.1 Å². The summed E-state index contributed by atoms with van der Waals surface area (Å²) in [5.41, 5.74) is 2.26. The molecule has 0 fully saturated rings. The lowest BCUT2D eigenvalue weighted by Crippen LogP contribution is -2.00. The molecule has 22 heavy (non-hydrogen) atoms. The Balaban J connectivity index is 1.98. The Kier molecular flexibility index (Phi) is 3.82. The molecule has 0 saturated heterocycles. The van der Waals surface area contributed by atoms with Crippen molar-refractivity contribution in [3.05, 3.63) is 76.6 Å². The molecule has 0 spiro atoms. The SMILES string of the molecule is O=[N+]([O-])c1cccc(-c2cn[nH]c2)c1OCc1ccccc1. The lowest BCUT2D eigenvalue weighted by atomic mass is 10.1. The summed E-state index contributed by atoms with van der Waals surface area (Å²) in [6, 6.07) is 14.4. The maximum atomic E-state index is 11.3. The second kappa shape index (κ2) is 6.09. The summed E-state index contributed by atoms with van der Waals surface area (Å²) in [7, 11) is 0. The minimum absolute atomic E-state index is 0.0605. The maximum Gasteiger partial charge on any atom is 0.311 e. The van der Waals surface area contributed by atoms with E-state index in [9.17, 15) is 10.1 Å². The van der Waals surface area contributed by atoms with Crippen molar-refractivity contribution in [3.63, 3.8) is 0 Å². The van der Waals surface area contributed by atoms with Gasteiger partial charge in [0.25, 0.3) is 0 Å². The van der Waals surface area contributed by atoms with Crippen molar-refractivity contribution in [2.75, 3.05) is 0 Å². The van der Waals surface area contributed by atoms with Gasteiger partial charge in [0, 0.05) is 23.4 Å². The summed E-state index contributed by atoms with van der Waals surface area (Å²) in [5.74, 6) is 0.248. The number of hydrogen-bond acceptors (Lipinski definition) is 4. The quantitative estimate of drug-likeness (QED) is 0.576. The molecule has 0 unspecified atom stereocenters. The zero-order valence-electron chi connectivity index (χ0n) is 11.6. The Morgan fingerprint density at radius 3 is 2.64 bits per heavy atom. The molecule has 0 radical (unpaired) electrons. The van der Waals surface area contributed by atoms with Gasteiger partial charge in [-0.3, -0.25) is 15.2 Å². The van der Waals surface area contributed by atoms with E-state index < -0.39 is 4.92 Å². The largest absolute Gasteiger partial charge is 0.482 e. The maximum absolute atomic E-state index is 11.3. The Morgan fingerprint density at radius 2 is 1.95 bits per heavy atom. The number of aromatic amines is 1. The standard InChI is InChI=1S/C16H13N3O3/c20-19(21)15-8-4-7-14(13-9-17-18-10-13)16(15)22-11-12-5-2-1-3-6-12/h1-10H,11H2,(H,17,18). The zero-order valence-corrected chi connectivity index (χ0v) is 11.6. The fraction of sp³-hybridized carbons (Fsp3) is 0.0625. The number of hydrogen-bond donors (Lipinski definition) is 1. The van der Waals surface area contributed by atoms with Crippen LogP contribution in [0, 0.1) is 10.1 Å². The van der Waals surface area contributed by atoms with E-state index in [0.717, 1.165) is 11.1 Å². The summed E-state index contributed by atoms with van der Waals surface area (Å²) >= 11 is 0. The van der Waals surface area contributed by atoms with Crippen molar-refractivity contribution in [3.8, 4) is 16.9 Å². The second-order valence-corrected chi connectivity index (χ2v) is 4.67. The average Bonchev–Trinajstić information content (AvgIpc) is 3.07. The first-order valence-electron chi connectivity index (χ1n) is 6.69. The Hall–Kier alpha value is -3.15. The number of ether oxygens (including phenoxy) is 1. The third-order valence-corrected chi connectivity index (χ3v) is 3.23. The van der Waals surface area contributed by atoms with Crippen molar-refractivity contribution < 1.29 is 9.66 Å². The van der Waals surface area contributed by atoms with E-state index in [0.29, 0.717) is 5.56 Å². The lowest BCUT2D eigenvalue weighted by Gasteiger charge is -2.11. The van der Waals surface area contributed by atoms with Gasteiger partial charge in [-0.25, -0.2) is 0 Å². The van der Waals surface area contributed by atoms with Crippen LogP contribution in [0.2, 0.25) is 0 Å². The van der Waals surface area contributed by atoms with E-state index in [1.807, 2.05) is 30.3 Å². The number of nitro groups is 1. The zero-order chi connectivity index (χ0) is 15.4. The molecule has 1 aromatic heterocycles. The number of nitro benzene ring substituents is 1. The molecule has 3 rings (SSSR count). The monoisotopic (exact) mass is 295 g/mol. The molecule has 6 nitrogen and oxygen atoms in total. The van der Waals surface area contributed by atoms with Crippen LogP contribution in [0.4, 0.5) is 5.69 Å². The fourth-order valence-corrected chi connectivity index (χ4v) is 2.18. The minimum atomic E-state index is -0.441. The van der Waals surface area contributed by atoms with Gasteiger partial charge in [-0.2, -0.15) is 5.10 Å². The van der Waals surface area contributed by atoms with Crippen molar-refractivity contribution in [1.29, 1.82) is 0 Å². The summed E-state index contributed by atoms with van der Waals surface area (Å²) in [6.07, 6.45) is 3.28. The predicted octanol–water partition coefficient (Wildman–Crippen LogP) is 3.56. The molecule has 0 bridgehead atoms. The number of para-hydroxylation sites is 1. The number of rotatable bonds is 5. The Labute approximate surface area is 126 Å². The molecule has 0 amide bonds. The van der Waals surface area contributed by atoms with Crippen LogP contribution in [-0.4, -0.2) is 15.1 Å². The average molecular weight is 295 g/mol. The van der Waals surface area contributed by atoms with E-state index in [2.05, 4.69) is 10.2 Å². The molecule has 0 aliphatic rings. The number of nitrogens with one attached hydrogen (secondary N) is 1. The van der Waals surface area contributed by atoms with Crippen molar-refractivity contribution in [2.45, 2.75) is 6.61 Å². The van der Waals surface area contributed by atoms with Crippen LogP contribution < -0.4 is 4.74 Å². The lowest BCUT2D eigenvalue weighted by molar-refractivity contribution is -0.385. The molecular weight excluding hydrogens is 282 g/mol. The summed E-state index contributed by atoms with van der Waals surface area (Å²) < 4.78 is 5.76. The van der Waals surface area contributed by atoms with Crippen LogP contribution in [0.25, 0.3) is 11.1 Å². The van der Waals surface area contributed by atoms with E-state index in [1.54, 1.807) is 24.5 Å². The topological polar surface area (TPSA) is 81.0 Å². The van der Waals surface area contributed by atoms with Crippen LogP contribution in [0.15, 0.2) is 60.9 Å². The molecule has 110 valence electrons. The predicted molar refractivity (Wildman–Crippen MR) is 81.5 cm³/mol. The third-order valence-electron chi connectivity index (χ3n) is 3.23. The van der Waals surface area contributed by atoms with E-state index >= 15 is 0 Å². The van der Waals surface area contributed by atoms with E-state index in [4.69, 9.17) is 4.74 Å². The Bertz CT molecular complexity index is 771. The third kappa shape index (κ3) is 2.80. The van der Waals surface area contributed by atoms with Crippen LogP contribution in [0.3, 0.4) is 0 Å². The first-order valence-corrected chi connectivity index (χ1v) is 6.69. The van der Waals surface area contributed by atoms with Gasteiger partial charge in [0.1, 0.15) is 6.61 Å². The van der Waals surface area contributed by atoms with Crippen molar-refractivity contribution in [2.24, 2.45) is 0 Å². The highest BCUT2D eigenvalue weighted by Crippen LogP contribution is 2.37. The molecule has 2 aromatic carbocycles. The van der Waals surface area contributed by atoms with Gasteiger partial charge in [0.2, 0.25) is 5.75 Å². The Morgan fingerprint density at radius 1 is 1.14 bits per heavy atom. The highest BCUT2D eigenvalue weighted by atomic mass is 16.6. The van der Waals surface area contributed by atoms with Gasteiger partial charge in [-0.1, -0.05) is 42.5 Å². The number of benzene rings is 2. The second-order valence-electron chi connectivity index (χ2n) is 4.67. The van der Waals surface area contributed by atoms with Gasteiger partial charge in [-0.15, -0.1) is 0 Å². The smallest absolute Gasteiger partial charge is 0.311 e. The molecule has 1 N–H and O–H groups in total. The highest BCUT2D eigenvalue weighted by molar-refractivity contribution is 5.74. The van der Waals surface area contributed by atoms with Crippen molar-refractivity contribution >= 4 is 5.69 Å². The molecule has 1 heterocycles. The first-order chi connectivity index (χ1) is 10.8. The number of aromatic nitrogens is 2. The number of H-pyrrole nitrogens is 1. The van der Waals surface area contributed by atoms with Crippen LogP contribution >= 0.6 is 0 Å². The molecule has 0 aliphatic carbocycles. The molecule has 0 saturated carbocycles. The number of nitrogens with zero attached hydrogens (tertiary/aromatic N) is 2. The van der Waals surface area contributed by atoms with Crippen LogP contribution in [0.1, 0.15) is 5.56 Å². The summed E-state index contributed by atoms with van der Waals surface area (Å²) in [4.78, 5) is 10.8. The summed E-state index contributed by atoms with van der Waals surface area (Å²) in [5, 5.41) is 17.8. The van der Waals surface area contributed by atoms with Gasteiger partial charge in [0.15, 0.2) is 0 Å². The first kappa shape index (κ1) is 13.8. The molecule has 3 aromatic rings. The van der Waals surface area contributed by atoms with Gasteiger partial charge in [-0.05, 0) is 5.56 Å². The van der Waals surface area contributed by atoms with Crippen LogP contribution in [-0.2, 0) is 6.61 Å². The van der Waals surface area contributed by atoms with Crippen LogP contribution in [0.5, 0.6) is 5.75 Å². The molecule has 6 heteroatoms. The summed E-state index contributed by atoms with van der Waals surface area (Å²) in [6.45, 7) is 0.260. The molecular formula is C16H13N3O3. The minimum Gasteiger partial charge on any atom is -0.482 e. The molecule has 0 aliphatic heterocycles. The van der Waals surface area contributed by atoms with Crippen molar-refractivity contribution in [1.82, 2.24) is 10.2 Å². The highest BCUT2D eigenvalue weighted by Gasteiger charge is 2.20. The van der Waals surface area contributed by atoms with E-state index in [1.165, 1.54) is 6.07 Å².